The number of H-pyrrole nitrogens is 1. The highest BCUT2D eigenvalue weighted by Gasteiger charge is 2.14. The predicted octanol–water partition coefficient (Wildman–Crippen LogP) is 4.97. The third-order valence-corrected chi connectivity index (χ3v) is 4.84. The van der Waals surface area contributed by atoms with Gasteiger partial charge in [0, 0.05) is 34.6 Å². The fraction of sp³-hybridized carbons (Fsp3) is 0.143. The van der Waals surface area contributed by atoms with E-state index in [1.807, 2.05) is 24.3 Å². The van der Waals surface area contributed by atoms with E-state index in [0.29, 0.717) is 16.4 Å². The number of aromatic nitrogens is 3. The second-order valence-electron chi connectivity index (χ2n) is 6.33. The van der Waals surface area contributed by atoms with Crippen LogP contribution in [-0.2, 0) is 6.54 Å². The SMILES string of the molecule is CCn1c(-c2cc(NC(=O)c3cccc(Cl)c3)n[nH]2)cc2ccc(OC)cc21. The number of aromatic amines is 1. The predicted molar refractivity (Wildman–Crippen MR) is 111 cm³/mol. The van der Waals surface area contributed by atoms with Crippen molar-refractivity contribution in [3.8, 4) is 17.1 Å². The van der Waals surface area contributed by atoms with Crippen LogP contribution in [0.3, 0.4) is 0 Å². The minimum atomic E-state index is -0.263. The molecule has 0 spiro atoms. The summed E-state index contributed by atoms with van der Waals surface area (Å²) < 4.78 is 7.52. The maximum Gasteiger partial charge on any atom is 0.256 e. The Morgan fingerprint density at radius 2 is 2.07 bits per heavy atom. The Hall–Kier alpha value is -3.25. The van der Waals surface area contributed by atoms with Gasteiger partial charge < -0.3 is 14.6 Å². The summed E-state index contributed by atoms with van der Waals surface area (Å²) in [6.45, 7) is 2.87. The number of carbonyl (C=O) groups excluding carboxylic acids is 1. The van der Waals surface area contributed by atoms with Crippen molar-refractivity contribution in [3.63, 3.8) is 0 Å². The summed E-state index contributed by atoms with van der Waals surface area (Å²) in [5.41, 5.74) is 3.36. The molecular weight excluding hydrogens is 376 g/mol. The zero-order valence-corrected chi connectivity index (χ0v) is 16.2. The van der Waals surface area contributed by atoms with Crippen molar-refractivity contribution in [2.24, 2.45) is 0 Å². The lowest BCUT2D eigenvalue weighted by Crippen LogP contribution is -2.11. The van der Waals surface area contributed by atoms with Gasteiger partial charge in [0.15, 0.2) is 5.82 Å². The molecule has 0 aliphatic heterocycles. The number of nitrogens with zero attached hydrogens (tertiary/aromatic N) is 2. The molecule has 0 unspecified atom stereocenters. The molecule has 0 saturated carbocycles. The smallest absolute Gasteiger partial charge is 0.256 e. The molecule has 0 atom stereocenters. The van der Waals surface area contributed by atoms with Crippen LogP contribution in [0.25, 0.3) is 22.3 Å². The van der Waals surface area contributed by atoms with Crippen LogP contribution in [0.15, 0.2) is 54.6 Å². The highest BCUT2D eigenvalue weighted by atomic mass is 35.5. The summed E-state index contributed by atoms with van der Waals surface area (Å²) in [7, 11) is 1.66. The Labute approximate surface area is 167 Å². The lowest BCUT2D eigenvalue weighted by atomic mass is 10.2. The van der Waals surface area contributed by atoms with E-state index in [4.69, 9.17) is 16.3 Å². The lowest BCUT2D eigenvalue weighted by Gasteiger charge is -2.07. The van der Waals surface area contributed by atoms with E-state index in [-0.39, 0.29) is 5.91 Å². The average molecular weight is 395 g/mol. The highest BCUT2D eigenvalue weighted by Crippen LogP contribution is 2.30. The van der Waals surface area contributed by atoms with Gasteiger partial charge in [0.05, 0.1) is 24.0 Å². The zero-order valence-electron chi connectivity index (χ0n) is 15.5. The monoisotopic (exact) mass is 394 g/mol. The number of hydrogen-bond donors (Lipinski definition) is 2. The van der Waals surface area contributed by atoms with Gasteiger partial charge in [0.1, 0.15) is 5.75 Å². The van der Waals surface area contributed by atoms with Gasteiger partial charge in [-0.05, 0) is 43.3 Å². The molecule has 7 heteroatoms. The fourth-order valence-corrected chi connectivity index (χ4v) is 3.45. The first kappa shape index (κ1) is 18.1. The first-order valence-electron chi connectivity index (χ1n) is 8.89. The van der Waals surface area contributed by atoms with Gasteiger partial charge in [-0.3, -0.25) is 9.89 Å². The fourth-order valence-electron chi connectivity index (χ4n) is 3.26. The Bertz CT molecular complexity index is 1160. The van der Waals surface area contributed by atoms with E-state index >= 15 is 0 Å². The molecular formula is C21H19ClN4O2. The lowest BCUT2D eigenvalue weighted by molar-refractivity contribution is 0.102. The molecule has 0 radical (unpaired) electrons. The van der Waals surface area contributed by atoms with Crippen molar-refractivity contribution in [1.82, 2.24) is 14.8 Å². The second kappa shape index (κ2) is 7.40. The van der Waals surface area contributed by atoms with Gasteiger partial charge in [0.2, 0.25) is 0 Å². The van der Waals surface area contributed by atoms with Gasteiger partial charge in [-0.15, -0.1) is 0 Å². The first-order valence-corrected chi connectivity index (χ1v) is 9.27. The molecule has 0 bridgehead atoms. The number of hydrogen-bond acceptors (Lipinski definition) is 3. The molecule has 6 nitrogen and oxygen atoms in total. The Balaban J connectivity index is 1.65. The minimum absolute atomic E-state index is 0.263. The Morgan fingerprint density at radius 3 is 2.82 bits per heavy atom. The zero-order chi connectivity index (χ0) is 19.7. The number of amides is 1. The summed E-state index contributed by atoms with van der Waals surface area (Å²) in [6, 6.07) is 16.7. The van der Waals surface area contributed by atoms with Crippen molar-refractivity contribution >= 4 is 34.2 Å². The van der Waals surface area contributed by atoms with Crippen molar-refractivity contribution in [2.75, 3.05) is 12.4 Å². The topological polar surface area (TPSA) is 71.9 Å². The summed E-state index contributed by atoms with van der Waals surface area (Å²) in [5, 5.41) is 11.7. The van der Waals surface area contributed by atoms with E-state index in [1.165, 1.54) is 0 Å². The molecule has 0 fully saturated rings. The molecule has 28 heavy (non-hydrogen) atoms. The summed E-state index contributed by atoms with van der Waals surface area (Å²) in [4.78, 5) is 12.4. The number of aryl methyl sites for hydroxylation is 1. The molecule has 2 N–H and O–H groups in total. The molecule has 0 aliphatic carbocycles. The second-order valence-corrected chi connectivity index (χ2v) is 6.77. The molecule has 1 amide bonds. The number of fused-ring (bicyclic) bond motifs is 1. The van der Waals surface area contributed by atoms with E-state index < -0.39 is 0 Å². The van der Waals surface area contributed by atoms with Crippen LogP contribution >= 0.6 is 11.6 Å². The number of halogens is 1. The molecule has 4 aromatic rings. The number of rotatable bonds is 5. The quantitative estimate of drug-likeness (QED) is 0.502. The number of methoxy groups -OCH3 is 1. The van der Waals surface area contributed by atoms with E-state index in [2.05, 4.69) is 33.1 Å². The summed E-state index contributed by atoms with van der Waals surface area (Å²) in [6.07, 6.45) is 0. The first-order chi connectivity index (χ1) is 13.6. The van der Waals surface area contributed by atoms with Gasteiger partial charge in [-0.1, -0.05) is 17.7 Å². The maximum absolute atomic E-state index is 12.4. The largest absolute Gasteiger partial charge is 0.497 e. The van der Waals surface area contributed by atoms with E-state index in [0.717, 1.165) is 34.6 Å². The third-order valence-electron chi connectivity index (χ3n) is 4.61. The van der Waals surface area contributed by atoms with Crippen LogP contribution < -0.4 is 10.1 Å². The normalized spacial score (nSPS) is 11.0. The van der Waals surface area contributed by atoms with Crippen molar-refractivity contribution in [2.45, 2.75) is 13.5 Å². The van der Waals surface area contributed by atoms with Crippen LogP contribution in [0, 0.1) is 0 Å². The van der Waals surface area contributed by atoms with Gasteiger partial charge in [-0.2, -0.15) is 5.10 Å². The van der Waals surface area contributed by atoms with Crippen molar-refractivity contribution in [1.29, 1.82) is 0 Å². The van der Waals surface area contributed by atoms with E-state index in [1.54, 1.807) is 31.4 Å². The van der Waals surface area contributed by atoms with Crippen LogP contribution in [0.1, 0.15) is 17.3 Å². The maximum atomic E-state index is 12.4. The Morgan fingerprint density at radius 1 is 1.21 bits per heavy atom. The number of ether oxygens (including phenoxy) is 1. The van der Waals surface area contributed by atoms with Crippen molar-refractivity contribution < 1.29 is 9.53 Å². The minimum Gasteiger partial charge on any atom is -0.497 e. The summed E-state index contributed by atoms with van der Waals surface area (Å²) >= 11 is 5.96. The molecule has 2 aromatic carbocycles. The number of benzene rings is 2. The van der Waals surface area contributed by atoms with Crippen LogP contribution in [0.2, 0.25) is 5.02 Å². The van der Waals surface area contributed by atoms with Gasteiger partial charge in [-0.25, -0.2) is 0 Å². The van der Waals surface area contributed by atoms with Crippen molar-refractivity contribution in [3.05, 3.63) is 65.2 Å². The Kier molecular flexibility index (Phi) is 4.79. The standard InChI is InChI=1S/C21H19ClN4O2/c1-3-26-18-11-16(28-2)8-7-13(18)10-19(26)17-12-20(25-24-17)23-21(27)14-5-4-6-15(22)9-14/h4-12H,3H2,1-2H3,(H2,23,24,25,27). The molecule has 0 aliphatic rings. The molecule has 142 valence electrons. The number of nitrogens with one attached hydrogen (secondary N) is 2. The van der Waals surface area contributed by atoms with Crippen LogP contribution in [0.4, 0.5) is 5.82 Å². The average Bonchev–Trinajstić information content (AvgIpc) is 3.31. The molecule has 0 saturated heterocycles. The number of anilines is 1. The number of carbonyl (C=O) groups is 1. The molecule has 4 rings (SSSR count). The van der Waals surface area contributed by atoms with E-state index in [9.17, 15) is 4.79 Å². The van der Waals surface area contributed by atoms with Gasteiger partial charge >= 0.3 is 0 Å². The van der Waals surface area contributed by atoms with Gasteiger partial charge in [0.25, 0.3) is 5.91 Å². The third kappa shape index (κ3) is 3.34. The molecule has 2 heterocycles. The summed E-state index contributed by atoms with van der Waals surface area (Å²) in [5.74, 6) is 0.998. The highest BCUT2D eigenvalue weighted by molar-refractivity contribution is 6.31. The molecule has 2 aromatic heterocycles. The van der Waals surface area contributed by atoms with Crippen LogP contribution in [0.5, 0.6) is 5.75 Å². The van der Waals surface area contributed by atoms with Crippen LogP contribution in [-0.4, -0.2) is 27.8 Å².